The Labute approximate surface area is 238 Å². The molecule has 6 aromatic carbocycles. The van der Waals surface area contributed by atoms with Crippen molar-refractivity contribution >= 4 is 10.9 Å². The monoisotopic (exact) mass is 520 g/mol. The van der Waals surface area contributed by atoms with Gasteiger partial charge in [0.1, 0.15) is 0 Å². The fourth-order valence-corrected chi connectivity index (χ4v) is 7.34. The lowest BCUT2D eigenvalue weighted by molar-refractivity contribution is 0.794. The van der Waals surface area contributed by atoms with Crippen LogP contribution in [0.4, 0.5) is 0 Å². The highest BCUT2D eigenvalue weighted by atomic mass is 14.9. The first-order chi connectivity index (χ1) is 20.4. The highest BCUT2D eigenvalue weighted by Gasteiger charge is 2.52. The SMILES string of the molecule is c1ccc(-c2nc(-c3cccc4c3-c3ccccc3C43c4ccccc4-c4ccccc43)c3ccccc3n2)cc1. The number of benzene rings is 6. The number of hydrogen-bond acceptors (Lipinski definition) is 2. The Morgan fingerprint density at radius 1 is 0.390 bits per heavy atom. The van der Waals surface area contributed by atoms with Crippen molar-refractivity contribution < 1.29 is 0 Å². The number of fused-ring (bicyclic) bond motifs is 11. The van der Waals surface area contributed by atoms with Gasteiger partial charge in [-0.2, -0.15) is 0 Å². The van der Waals surface area contributed by atoms with Crippen molar-refractivity contribution in [2.75, 3.05) is 0 Å². The lowest BCUT2D eigenvalue weighted by Crippen LogP contribution is -2.25. The van der Waals surface area contributed by atoms with Gasteiger partial charge in [0, 0.05) is 16.5 Å². The second kappa shape index (κ2) is 8.33. The number of nitrogens with zero attached hydrogens (tertiary/aromatic N) is 2. The summed E-state index contributed by atoms with van der Waals surface area (Å²) in [6, 6.07) is 52.3. The van der Waals surface area contributed by atoms with Crippen molar-refractivity contribution in [2.45, 2.75) is 5.41 Å². The molecule has 0 bridgehead atoms. The normalized spacial score (nSPS) is 13.6. The van der Waals surface area contributed by atoms with E-state index in [-0.39, 0.29) is 5.41 Å². The van der Waals surface area contributed by atoms with Crippen LogP contribution in [0, 0.1) is 0 Å². The zero-order valence-electron chi connectivity index (χ0n) is 22.3. The summed E-state index contributed by atoms with van der Waals surface area (Å²) in [4.78, 5) is 10.3. The molecule has 2 aliphatic carbocycles. The van der Waals surface area contributed by atoms with Crippen LogP contribution in [0.1, 0.15) is 22.3 Å². The van der Waals surface area contributed by atoms with E-state index in [0.717, 1.165) is 33.5 Å². The van der Waals surface area contributed by atoms with E-state index in [4.69, 9.17) is 9.97 Å². The Morgan fingerprint density at radius 3 is 1.66 bits per heavy atom. The third kappa shape index (κ3) is 2.91. The molecule has 1 heterocycles. The maximum absolute atomic E-state index is 5.28. The van der Waals surface area contributed by atoms with Gasteiger partial charge in [-0.25, -0.2) is 9.97 Å². The summed E-state index contributed by atoms with van der Waals surface area (Å²) in [5, 5.41) is 1.06. The summed E-state index contributed by atoms with van der Waals surface area (Å²) in [5.74, 6) is 0.745. The number of hydrogen-bond donors (Lipinski definition) is 0. The molecule has 0 atom stereocenters. The minimum atomic E-state index is -0.375. The van der Waals surface area contributed by atoms with Crippen LogP contribution in [0.25, 0.3) is 55.8 Å². The lowest BCUT2D eigenvalue weighted by atomic mass is 9.70. The summed E-state index contributed by atoms with van der Waals surface area (Å²) < 4.78 is 0. The third-order valence-corrected chi connectivity index (χ3v) is 8.91. The van der Waals surface area contributed by atoms with Crippen molar-refractivity contribution in [2.24, 2.45) is 0 Å². The molecule has 0 amide bonds. The molecule has 2 heteroatoms. The van der Waals surface area contributed by atoms with Crippen LogP contribution in [-0.2, 0) is 5.41 Å². The molecule has 7 aromatic rings. The molecule has 1 spiro atoms. The van der Waals surface area contributed by atoms with Crippen molar-refractivity contribution in [3.05, 3.63) is 168 Å². The van der Waals surface area contributed by atoms with Crippen molar-refractivity contribution in [1.82, 2.24) is 9.97 Å². The van der Waals surface area contributed by atoms with E-state index in [0.29, 0.717) is 0 Å². The Hall–Kier alpha value is -5.34. The van der Waals surface area contributed by atoms with Crippen LogP contribution in [0.5, 0.6) is 0 Å². The molecule has 0 saturated heterocycles. The average Bonchev–Trinajstić information content (AvgIpc) is 3.52. The fraction of sp³-hybridized carbons (Fsp3) is 0.0256. The molecule has 0 fully saturated rings. The van der Waals surface area contributed by atoms with Crippen LogP contribution in [-0.4, -0.2) is 9.97 Å². The largest absolute Gasteiger partial charge is 0.228 e. The van der Waals surface area contributed by atoms with Crippen molar-refractivity contribution in [3.8, 4) is 44.9 Å². The Kier molecular flexibility index (Phi) is 4.57. The van der Waals surface area contributed by atoms with E-state index < -0.39 is 0 Å². The second-order valence-electron chi connectivity index (χ2n) is 10.9. The van der Waals surface area contributed by atoms with Crippen LogP contribution in [0.15, 0.2) is 146 Å². The van der Waals surface area contributed by atoms with Gasteiger partial charge in [-0.05, 0) is 50.6 Å². The molecule has 9 rings (SSSR count). The summed E-state index contributed by atoms with van der Waals surface area (Å²) in [5.41, 5.74) is 14.2. The smallest absolute Gasteiger partial charge is 0.160 e. The summed E-state index contributed by atoms with van der Waals surface area (Å²) in [7, 11) is 0. The molecule has 190 valence electrons. The summed E-state index contributed by atoms with van der Waals surface area (Å²) in [6.07, 6.45) is 0. The van der Waals surface area contributed by atoms with E-state index in [9.17, 15) is 0 Å². The zero-order chi connectivity index (χ0) is 27.0. The van der Waals surface area contributed by atoms with Gasteiger partial charge in [-0.3, -0.25) is 0 Å². The van der Waals surface area contributed by atoms with E-state index in [1.54, 1.807) is 0 Å². The molecule has 2 nitrogen and oxygen atoms in total. The molecule has 2 aliphatic rings. The molecule has 0 unspecified atom stereocenters. The minimum absolute atomic E-state index is 0.375. The Morgan fingerprint density at radius 2 is 0.927 bits per heavy atom. The molecule has 41 heavy (non-hydrogen) atoms. The minimum Gasteiger partial charge on any atom is -0.228 e. The zero-order valence-corrected chi connectivity index (χ0v) is 22.3. The topological polar surface area (TPSA) is 25.8 Å². The van der Waals surface area contributed by atoms with Crippen LogP contribution in [0.3, 0.4) is 0 Å². The van der Waals surface area contributed by atoms with Gasteiger partial charge in [0.2, 0.25) is 0 Å². The van der Waals surface area contributed by atoms with E-state index in [2.05, 4.69) is 127 Å². The van der Waals surface area contributed by atoms with Gasteiger partial charge in [0.05, 0.1) is 16.6 Å². The molecule has 1 aromatic heterocycles. The predicted molar refractivity (Wildman–Crippen MR) is 167 cm³/mol. The first kappa shape index (κ1) is 22.5. The maximum Gasteiger partial charge on any atom is 0.160 e. The third-order valence-electron chi connectivity index (χ3n) is 8.91. The van der Waals surface area contributed by atoms with Crippen LogP contribution < -0.4 is 0 Å². The first-order valence-corrected chi connectivity index (χ1v) is 14.1. The molecule has 0 saturated carbocycles. The van der Waals surface area contributed by atoms with Gasteiger partial charge >= 0.3 is 0 Å². The first-order valence-electron chi connectivity index (χ1n) is 14.1. The second-order valence-corrected chi connectivity index (χ2v) is 10.9. The van der Waals surface area contributed by atoms with Crippen LogP contribution >= 0.6 is 0 Å². The molecular formula is C39H24N2. The van der Waals surface area contributed by atoms with Gasteiger partial charge in [0.25, 0.3) is 0 Å². The van der Waals surface area contributed by atoms with E-state index in [1.807, 2.05) is 18.2 Å². The van der Waals surface area contributed by atoms with E-state index in [1.165, 1.54) is 44.5 Å². The number of aromatic nitrogens is 2. The van der Waals surface area contributed by atoms with Crippen molar-refractivity contribution in [1.29, 1.82) is 0 Å². The quantitative estimate of drug-likeness (QED) is 0.227. The average molecular weight is 521 g/mol. The predicted octanol–water partition coefficient (Wildman–Crippen LogP) is 9.31. The maximum atomic E-state index is 5.28. The number of rotatable bonds is 2. The van der Waals surface area contributed by atoms with Crippen LogP contribution in [0.2, 0.25) is 0 Å². The lowest BCUT2D eigenvalue weighted by Gasteiger charge is -2.30. The molecular weight excluding hydrogens is 496 g/mol. The molecule has 0 radical (unpaired) electrons. The van der Waals surface area contributed by atoms with Gasteiger partial charge in [-0.1, -0.05) is 140 Å². The Bertz CT molecular complexity index is 2110. The number of para-hydroxylation sites is 1. The molecule has 0 N–H and O–H groups in total. The Balaban J connectivity index is 1.42. The molecule has 0 aliphatic heterocycles. The standard InChI is InChI=1S/C39H24N2/c1-2-13-25(14-3-1)38-40-35-24-11-7-18-29(35)37(41-38)30-19-12-23-34-36(30)28-17-6-10-22-33(28)39(34)31-20-8-4-15-26(31)27-16-5-9-21-32(27)39/h1-24H. The highest BCUT2D eigenvalue weighted by molar-refractivity contribution is 6.03. The summed E-state index contributed by atoms with van der Waals surface area (Å²) >= 11 is 0. The highest BCUT2D eigenvalue weighted by Crippen LogP contribution is 2.63. The van der Waals surface area contributed by atoms with E-state index >= 15 is 0 Å². The fourth-order valence-electron chi connectivity index (χ4n) is 7.34. The summed E-state index contributed by atoms with van der Waals surface area (Å²) in [6.45, 7) is 0. The van der Waals surface area contributed by atoms with Gasteiger partial charge < -0.3 is 0 Å². The van der Waals surface area contributed by atoms with Gasteiger partial charge in [0.15, 0.2) is 5.82 Å². The van der Waals surface area contributed by atoms with Gasteiger partial charge in [-0.15, -0.1) is 0 Å². The van der Waals surface area contributed by atoms with Crippen molar-refractivity contribution in [3.63, 3.8) is 0 Å².